The second kappa shape index (κ2) is 8.13. The minimum atomic E-state index is 0.259. The van der Waals surface area contributed by atoms with E-state index >= 15 is 0 Å². The highest BCUT2D eigenvalue weighted by Crippen LogP contribution is 2.33. The van der Waals surface area contributed by atoms with Crippen molar-refractivity contribution in [1.82, 2.24) is 4.90 Å². The molecule has 4 nitrogen and oxygen atoms in total. The van der Waals surface area contributed by atoms with Crippen molar-refractivity contribution in [3.05, 3.63) is 59.7 Å². The number of para-hydroxylation sites is 2. The first-order chi connectivity index (χ1) is 13.2. The van der Waals surface area contributed by atoms with Crippen molar-refractivity contribution >= 4 is 11.6 Å². The van der Waals surface area contributed by atoms with Crippen LogP contribution in [-0.4, -0.2) is 42.1 Å². The molecule has 142 valence electrons. The van der Waals surface area contributed by atoms with Crippen LogP contribution >= 0.6 is 0 Å². The number of amides is 1. The van der Waals surface area contributed by atoms with E-state index in [9.17, 15) is 9.90 Å². The largest absolute Gasteiger partial charge is 0.508 e. The topological polar surface area (TPSA) is 43.8 Å². The summed E-state index contributed by atoms with van der Waals surface area (Å²) >= 11 is 0. The average molecular weight is 364 g/mol. The van der Waals surface area contributed by atoms with E-state index in [1.165, 1.54) is 5.56 Å². The number of anilines is 1. The van der Waals surface area contributed by atoms with Gasteiger partial charge in [0.1, 0.15) is 5.75 Å². The lowest BCUT2D eigenvalue weighted by Crippen LogP contribution is -2.36. The number of carbonyl (C=O) groups is 1. The summed E-state index contributed by atoms with van der Waals surface area (Å²) < 4.78 is 0. The van der Waals surface area contributed by atoms with Gasteiger partial charge in [0.15, 0.2) is 0 Å². The van der Waals surface area contributed by atoms with Gasteiger partial charge in [-0.2, -0.15) is 0 Å². The molecule has 0 aliphatic carbocycles. The van der Waals surface area contributed by atoms with Gasteiger partial charge in [-0.25, -0.2) is 0 Å². The molecule has 2 aromatic carbocycles. The molecule has 2 saturated heterocycles. The fourth-order valence-electron chi connectivity index (χ4n) is 4.45. The molecule has 0 aromatic heterocycles. The SMILES string of the molecule is O=C1CCCCN1c1ccccc1CCN1CCC(c2ccccc2O)C1. The Kier molecular flexibility index (Phi) is 5.44. The zero-order valence-corrected chi connectivity index (χ0v) is 15.8. The fourth-order valence-corrected chi connectivity index (χ4v) is 4.45. The van der Waals surface area contributed by atoms with Crippen LogP contribution in [0.1, 0.15) is 42.7 Å². The van der Waals surface area contributed by atoms with Crippen molar-refractivity contribution in [2.24, 2.45) is 0 Å². The molecule has 2 aromatic rings. The van der Waals surface area contributed by atoms with Crippen LogP contribution in [-0.2, 0) is 11.2 Å². The predicted molar refractivity (Wildman–Crippen MR) is 108 cm³/mol. The average Bonchev–Trinajstić information content (AvgIpc) is 3.16. The first-order valence-electron chi connectivity index (χ1n) is 10.1. The summed E-state index contributed by atoms with van der Waals surface area (Å²) in [5.41, 5.74) is 3.43. The lowest BCUT2D eigenvalue weighted by atomic mass is 9.97. The zero-order valence-electron chi connectivity index (χ0n) is 15.8. The lowest BCUT2D eigenvalue weighted by Gasteiger charge is -2.29. The number of rotatable bonds is 5. The molecule has 1 N–H and O–H groups in total. The standard InChI is InChI=1S/C23H28N2O2/c26-22-10-4-2-8-20(22)19-13-16-24(17-19)15-12-18-7-1-3-9-21(18)25-14-6-5-11-23(25)27/h1-4,7-10,19,26H,5-6,11-17H2. The normalized spacial score (nSPS) is 21.0. The lowest BCUT2D eigenvalue weighted by molar-refractivity contribution is -0.119. The van der Waals surface area contributed by atoms with Gasteiger partial charge >= 0.3 is 0 Å². The summed E-state index contributed by atoms with van der Waals surface area (Å²) in [6.07, 6.45) is 4.81. The molecule has 1 unspecified atom stereocenters. The zero-order chi connectivity index (χ0) is 18.6. The Morgan fingerprint density at radius 1 is 1.00 bits per heavy atom. The molecule has 0 bridgehead atoms. The smallest absolute Gasteiger partial charge is 0.226 e. The number of hydrogen-bond donors (Lipinski definition) is 1. The molecular weight excluding hydrogens is 336 g/mol. The highest BCUT2D eigenvalue weighted by Gasteiger charge is 2.26. The fraction of sp³-hybridized carbons (Fsp3) is 0.435. The van der Waals surface area contributed by atoms with Crippen molar-refractivity contribution < 1.29 is 9.90 Å². The molecule has 1 amide bonds. The highest BCUT2D eigenvalue weighted by molar-refractivity contribution is 5.94. The Morgan fingerprint density at radius 2 is 1.81 bits per heavy atom. The maximum atomic E-state index is 12.3. The third-order valence-electron chi connectivity index (χ3n) is 5.95. The Bertz CT molecular complexity index is 804. The molecule has 0 saturated carbocycles. The van der Waals surface area contributed by atoms with Gasteiger partial charge in [-0.1, -0.05) is 36.4 Å². The molecule has 2 aliphatic rings. The number of hydrogen-bond acceptors (Lipinski definition) is 3. The summed E-state index contributed by atoms with van der Waals surface area (Å²) in [6.45, 7) is 3.88. The summed E-state index contributed by atoms with van der Waals surface area (Å²) in [5, 5.41) is 10.1. The Morgan fingerprint density at radius 3 is 2.67 bits per heavy atom. The molecule has 4 heteroatoms. The van der Waals surface area contributed by atoms with Gasteiger partial charge in [0.2, 0.25) is 5.91 Å². The number of benzene rings is 2. The van der Waals surface area contributed by atoms with E-state index < -0.39 is 0 Å². The van der Waals surface area contributed by atoms with Gasteiger partial charge in [-0.3, -0.25) is 4.79 Å². The van der Waals surface area contributed by atoms with E-state index in [1.807, 2.05) is 29.2 Å². The van der Waals surface area contributed by atoms with Crippen LogP contribution in [0, 0.1) is 0 Å². The summed E-state index contributed by atoms with van der Waals surface area (Å²) in [5.74, 6) is 1.08. The molecule has 2 aliphatic heterocycles. The Hall–Kier alpha value is -2.33. The van der Waals surface area contributed by atoms with Gasteiger partial charge in [-0.05, 0) is 55.5 Å². The maximum Gasteiger partial charge on any atom is 0.226 e. The van der Waals surface area contributed by atoms with E-state index in [0.29, 0.717) is 18.1 Å². The van der Waals surface area contributed by atoms with Crippen LogP contribution in [0.25, 0.3) is 0 Å². The molecule has 27 heavy (non-hydrogen) atoms. The molecule has 0 radical (unpaired) electrons. The Balaban J connectivity index is 1.40. The first-order valence-corrected chi connectivity index (χ1v) is 10.1. The molecule has 2 heterocycles. The van der Waals surface area contributed by atoms with Crippen molar-refractivity contribution in [3.63, 3.8) is 0 Å². The van der Waals surface area contributed by atoms with Crippen LogP contribution in [0.2, 0.25) is 0 Å². The van der Waals surface area contributed by atoms with Crippen LogP contribution < -0.4 is 4.90 Å². The van der Waals surface area contributed by atoms with Crippen molar-refractivity contribution in [2.75, 3.05) is 31.1 Å². The van der Waals surface area contributed by atoms with Crippen LogP contribution in [0.5, 0.6) is 5.75 Å². The number of phenolic OH excluding ortho intramolecular Hbond substituents is 1. The minimum absolute atomic E-state index is 0.259. The number of aromatic hydroxyl groups is 1. The van der Waals surface area contributed by atoms with Gasteiger partial charge in [0.25, 0.3) is 0 Å². The number of carbonyl (C=O) groups excluding carboxylic acids is 1. The van der Waals surface area contributed by atoms with E-state index in [1.54, 1.807) is 6.07 Å². The van der Waals surface area contributed by atoms with Crippen molar-refractivity contribution in [3.8, 4) is 5.75 Å². The molecular formula is C23H28N2O2. The third kappa shape index (κ3) is 4.01. The van der Waals surface area contributed by atoms with E-state index in [0.717, 1.165) is 63.1 Å². The number of piperidine rings is 1. The number of phenols is 1. The monoisotopic (exact) mass is 364 g/mol. The van der Waals surface area contributed by atoms with E-state index in [4.69, 9.17) is 0 Å². The first kappa shape index (κ1) is 18.1. The van der Waals surface area contributed by atoms with Crippen molar-refractivity contribution in [1.29, 1.82) is 0 Å². The van der Waals surface area contributed by atoms with Crippen LogP contribution in [0.4, 0.5) is 5.69 Å². The second-order valence-electron chi connectivity index (χ2n) is 7.73. The molecule has 0 spiro atoms. The highest BCUT2D eigenvalue weighted by atomic mass is 16.3. The van der Waals surface area contributed by atoms with Gasteiger partial charge in [0.05, 0.1) is 0 Å². The van der Waals surface area contributed by atoms with Gasteiger partial charge in [0, 0.05) is 37.7 Å². The second-order valence-corrected chi connectivity index (χ2v) is 7.73. The minimum Gasteiger partial charge on any atom is -0.508 e. The van der Waals surface area contributed by atoms with Gasteiger partial charge in [-0.15, -0.1) is 0 Å². The number of likely N-dealkylation sites (tertiary alicyclic amines) is 1. The van der Waals surface area contributed by atoms with Crippen LogP contribution in [0.3, 0.4) is 0 Å². The molecule has 2 fully saturated rings. The van der Waals surface area contributed by atoms with Gasteiger partial charge < -0.3 is 14.9 Å². The van der Waals surface area contributed by atoms with E-state index in [2.05, 4.69) is 23.1 Å². The predicted octanol–water partition coefficient (Wildman–Crippen LogP) is 3.94. The third-order valence-corrected chi connectivity index (χ3v) is 5.95. The van der Waals surface area contributed by atoms with Crippen molar-refractivity contribution in [2.45, 2.75) is 38.0 Å². The maximum absolute atomic E-state index is 12.3. The summed E-state index contributed by atoms with van der Waals surface area (Å²) in [6, 6.07) is 16.1. The summed E-state index contributed by atoms with van der Waals surface area (Å²) in [4.78, 5) is 16.8. The summed E-state index contributed by atoms with van der Waals surface area (Å²) in [7, 11) is 0. The quantitative estimate of drug-likeness (QED) is 0.874. The number of nitrogens with zero attached hydrogens (tertiary/aromatic N) is 2. The van der Waals surface area contributed by atoms with E-state index in [-0.39, 0.29) is 5.91 Å². The Labute approximate surface area is 161 Å². The molecule has 4 rings (SSSR count). The molecule has 1 atom stereocenters. The van der Waals surface area contributed by atoms with Crippen LogP contribution in [0.15, 0.2) is 48.5 Å².